The molecule has 0 bridgehead atoms. The summed E-state index contributed by atoms with van der Waals surface area (Å²) in [7, 11) is -1.25. The topological polar surface area (TPSA) is 103 Å². The van der Waals surface area contributed by atoms with Gasteiger partial charge >= 0.3 is 37.7 Å². The summed E-state index contributed by atoms with van der Waals surface area (Å²) in [5.41, 5.74) is 0. The van der Waals surface area contributed by atoms with E-state index in [-0.39, 0.29) is 43.2 Å². The molecule has 1 aromatic heterocycles. The molecule has 0 saturated carbocycles. The summed E-state index contributed by atoms with van der Waals surface area (Å²) in [5.74, 6) is 0. The van der Waals surface area contributed by atoms with Crippen LogP contribution >= 0.6 is 0 Å². The van der Waals surface area contributed by atoms with Gasteiger partial charge in [0.2, 0.25) is 0 Å². The second-order valence-corrected chi connectivity index (χ2v) is 1.01. The second-order valence-electron chi connectivity index (χ2n) is 1.01. The van der Waals surface area contributed by atoms with E-state index in [1.54, 1.807) is 24.8 Å². The van der Waals surface area contributed by atoms with Crippen molar-refractivity contribution in [2.75, 3.05) is 0 Å². The number of hydrogen-bond acceptors (Lipinski definition) is 4. The van der Waals surface area contributed by atoms with Crippen LogP contribution in [-0.2, 0) is 0 Å². The molecule has 1 aromatic rings. The van der Waals surface area contributed by atoms with Crippen molar-refractivity contribution in [2.45, 2.75) is 0 Å². The minimum atomic E-state index is -1.25. The molecule has 0 aliphatic carbocycles. The minimum Gasteiger partial charge on any atom is -0.896 e. The van der Waals surface area contributed by atoms with E-state index in [0.717, 1.165) is 0 Å². The average Bonchev–Trinajstić information content (AvgIpc) is 1.93. The second kappa shape index (κ2) is 16.7. The molecular formula is C4H7BCaN2O3. The molecule has 0 aliphatic rings. The summed E-state index contributed by atoms with van der Waals surface area (Å²) in [5, 5.41) is 16.8. The number of aromatic nitrogens is 2. The van der Waals surface area contributed by atoms with Gasteiger partial charge in [-0.15, -0.1) is 7.69 Å². The van der Waals surface area contributed by atoms with Gasteiger partial charge in [-0.3, -0.25) is 9.97 Å². The molecule has 7 heteroatoms. The van der Waals surface area contributed by atoms with Gasteiger partial charge < -0.3 is 15.5 Å². The smallest absolute Gasteiger partial charge is 0.896 e. The van der Waals surface area contributed by atoms with E-state index in [2.05, 4.69) is 9.97 Å². The average molecular weight is 182 g/mol. The predicted molar refractivity (Wildman–Crippen MR) is 38.5 cm³/mol. The van der Waals surface area contributed by atoms with E-state index in [4.69, 9.17) is 10.0 Å². The Kier molecular flexibility index (Phi) is 26.4. The first kappa shape index (κ1) is 17.4. The molecule has 0 aliphatic heterocycles. The monoisotopic (exact) mass is 182 g/mol. The van der Waals surface area contributed by atoms with Gasteiger partial charge in [-0.2, -0.15) is 0 Å². The van der Waals surface area contributed by atoms with E-state index < -0.39 is 7.69 Å². The standard InChI is InChI=1S/C4H4N2.BHO2.Ca.H2O/c1-2-6-4-3-5-1;2-1-3;;/h1-4H;1H;;1H2/q;-2;+2;. The van der Waals surface area contributed by atoms with Gasteiger partial charge in [-0.1, -0.05) is 0 Å². The zero-order valence-corrected chi connectivity index (χ0v) is 8.14. The molecule has 0 spiro atoms. The van der Waals surface area contributed by atoms with Gasteiger partial charge in [-0.25, -0.2) is 0 Å². The van der Waals surface area contributed by atoms with Gasteiger partial charge in [0.15, 0.2) is 0 Å². The Morgan fingerprint density at radius 2 is 1.09 bits per heavy atom. The van der Waals surface area contributed by atoms with Crippen LogP contribution in [0.1, 0.15) is 0 Å². The summed E-state index contributed by atoms with van der Waals surface area (Å²) in [6, 6.07) is 0. The first-order valence-electron chi connectivity index (χ1n) is 2.28. The van der Waals surface area contributed by atoms with Crippen molar-refractivity contribution in [2.24, 2.45) is 0 Å². The molecule has 2 N–H and O–H groups in total. The Morgan fingerprint density at radius 3 is 1.18 bits per heavy atom. The maximum Gasteiger partial charge on any atom is 2.00 e. The molecule has 11 heavy (non-hydrogen) atoms. The maximum atomic E-state index is 8.38. The number of nitrogens with zero attached hydrogens (tertiary/aromatic N) is 2. The van der Waals surface area contributed by atoms with Crippen molar-refractivity contribution in [1.29, 1.82) is 0 Å². The molecular weight excluding hydrogens is 175 g/mol. The molecule has 0 unspecified atom stereocenters. The summed E-state index contributed by atoms with van der Waals surface area (Å²) in [6.07, 6.45) is 6.56. The van der Waals surface area contributed by atoms with E-state index in [0.29, 0.717) is 0 Å². The minimum absolute atomic E-state index is 0. The Bertz CT molecular complexity index is 106. The maximum absolute atomic E-state index is 8.38. The fourth-order valence-electron chi connectivity index (χ4n) is 0.253. The molecule has 56 valence electrons. The summed E-state index contributed by atoms with van der Waals surface area (Å²) in [6.45, 7) is 0. The fourth-order valence-corrected chi connectivity index (χ4v) is 0.253. The van der Waals surface area contributed by atoms with Gasteiger partial charge in [-0.05, 0) is 0 Å². The predicted octanol–water partition coefficient (Wildman–Crippen LogP) is -3.76. The van der Waals surface area contributed by atoms with Crippen molar-refractivity contribution >= 4 is 45.4 Å². The Hall–Kier alpha value is 0.285. The first-order chi connectivity index (χ1) is 4.41. The molecule has 0 amide bonds. The Morgan fingerprint density at radius 1 is 0.909 bits per heavy atom. The van der Waals surface area contributed by atoms with Gasteiger partial charge in [0.05, 0.1) is 0 Å². The normalized spacial score (nSPS) is 5.64. The molecule has 0 fully saturated rings. The fraction of sp³-hybridized carbons (Fsp3) is 0. The zero-order valence-electron chi connectivity index (χ0n) is 5.93. The van der Waals surface area contributed by atoms with Crippen LogP contribution in [0, 0.1) is 0 Å². The van der Waals surface area contributed by atoms with Crippen LogP contribution in [0.5, 0.6) is 0 Å². The van der Waals surface area contributed by atoms with Crippen LogP contribution in [0.25, 0.3) is 0 Å². The number of hydrogen-bond donors (Lipinski definition) is 0. The molecule has 1 heterocycles. The molecule has 1 rings (SSSR count). The summed E-state index contributed by atoms with van der Waals surface area (Å²) < 4.78 is 0. The van der Waals surface area contributed by atoms with E-state index in [1.165, 1.54) is 0 Å². The van der Waals surface area contributed by atoms with Crippen LogP contribution < -0.4 is 10.0 Å². The molecule has 0 radical (unpaired) electrons. The Labute approximate surface area is 95.1 Å². The van der Waals surface area contributed by atoms with Crippen molar-refractivity contribution in [3.8, 4) is 0 Å². The van der Waals surface area contributed by atoms with Crippen LogP contribution in [-0.4, -0.2) is 60.9 Å². The van der Waals surface area contributed by atoms with Crippen LogP contribution in [0.2, 0.25) is 0 Å². The third kappa shape index (κ3) is 17.9. The van der Waals surface area contributed by atoms with E-state index in [9.17, 15) is 0 Å². The molecule has 5 nitrogen and oxygen atoms in total. The first-order valence-corrected chi connectivity index (χ1v) is 2.28. The largest absolute Gasteiger partial charge is 2.00 e. The van der Waals surface area contributed by atoms with Crippen molar-refractivity contribution in [3.05, 3.63) is 24.8 Å². The van der Waals surface area contributed by atoms with Crippen molar-refractivity contribution < 1.29 is 15.5 Å². The molecule has 0 saturated heterocycles. The van der Waals surface area contributed by atoms with E-state index >= 15 is 0 Å². The van der Waals surface area contributed by atoms with Gasteiger partial charge in [0.1, 0.15) is 0 Å². The number of rotatable bonds is 0. The summed E-state index contributed by atoms with van der Waals surface area (Å²) >= 11 is 0. The van der Waals surface area contributed by atoms with Gasteiger partial charge in [0.25, 0.3) is 0 Å². The Balaban J connectivity index is -0.000000116. The molecule has 0 atom stereocenters. The van der Waals surface area contributed by atoms with Crippen LogP contribution in [0.15, 0.2) is 24.8 Å². The SMILES string of the molecule is O.[Ca+2].[O-]B[O-].c1cnccn1. The van der Waals surface area contributed by atoms with Crippen molar-refractivity contribution in [1.82, 2.24) is 9.97 Å². The van der Waals surface area contributed by atoms with Crippen LogP contribution in [0.3, 0.4) is 0 Å². The molecule has 0 aromatic carbocycles. The summed E-state index contributed by atoms with van der Waals surface area (Å²) in [4.78, 5) is 7.44. The third-order valence-corrected chi connectivity index (χ3v) is 0.478. The van der Waals surface area contributed by atoms with Crippen LogP contribution in [0.4, 0.5) is 0 Å². The zero-order chi connectivity index (χ0) is 6.95. The van der Waals surface area contributed by atoms with Crippen molar-refractivity contribution in [3.63, 3.8) is 0 Å². The van der Waals surface area contributed by atoms with Gasteiger partial charge in [0, 0.05) is 24.8 Å². The van der Waals surface area contributed by atoms with E-state index in [1.807, 2.05) is 0 Å². The quantitative estimate of drug-likeness (QED) is 0.384. The third-order valence-electron chi connectivity index (χ3n) is 0.478.